The molecule has 0 radical (unpaired) electrons. The highest BCUT2D eigenvalue weighted by Crippen LogP contribution is 2.32. The molecule has 1 heterocycles. The van der Waals surface area contributed by atoms with E-state index in [0.29, 0.717) is 5.75 Å². The van der Waals surface area contributed by atoms with Crippen LogP contribution in [0.25, 0.3) is 21.7 Å². The summed E-state index contributed by atoms with van der Waals surface area (Å²) in [5.74, 6) is 1.17. The molecule has 0 saturated carbocycles. The van der Waals surface area contributed by atoms with Gasteiger partial charge in [0, 0.05) is 11.5 Å². The Kier molecular flexibility index (Phi) is 4.50. The van der Waals surface area contributed by atoms with Crippen molar-refractivity contribution >= 4 is 21.7 Å². The summed E-state index contributed by atoms with van der Waals surface area (Å²) in [5, 5.41) is 12.7. The van der Waals surface area contributed by atoms with Gasteiger partial charge in [0.1, 0.15) is 5.75 Å². The summed E-state index contributed by atoms with van der Waals surface area (Å²) in [4.78, 5) is 0. The van der Waals surface area contributed by atoms with Gasteiger partial charge in [0.2, 0.25) is 0 Å². The Hall–Kier alpha value is -1.96. The monoisotopic (exact) mass is 324 g/mol. The number of phenolic OH excluding ortho intramolecular Hbond substituents is 1. The lowest BCUT2D eigenvalue weighted by atomic mass is 10.0. The lowest BCUT2D eigenvalue weighted by molar-refractivity contribution is -2.00. The number of benzene rings is 2. The molecule has 2 aromatic carbocycles. The van der Waals surface area contributed by atoms with Crippen LogP contribution in [0.2, 0.25) is 0 Å². The van der Waals surface area contributed by atoms with Crippen LogP contribution in [0.4, 0.5) is 0 Å². The number of aryl methyl sites for hydroxylation is 2. The molecule has 0 fully saturated rings. The van der Waals surface area contributed by atoms with Crippen molar-refractivity contribution in [2.45, 2.75) is 13.8 Å². The highest BCUT2D eigenvalue weighted by Gasteiger charge is 2.16. The summed E-state index contributed by atoms with van der Waals surface area (Å²) in [5.41, 5.74) is 2.03. The maximum atomic E-state index is 9.83. The van der Waals surface area contributed by atoms with Gasteiger partial charge in [0.15, 0.2) is 0 Å². The molecule has 0 saturated heterocycles. The van der Waals surface area contributed by atoms with Gasteiger partial charge in [-0.2, -0.15) is 0 Å². The third kappa shape index (κ3) is 3.82. The van der Waals surface area contributed by atoms with Crippen LogP contribution in [0.3, 0.4) is 0 Å². The topological polar surface area (TPSA) is 124 Å². The van der Waals surface area contributed by atoms with Crippen LogP contribution >= 0.6 is 0 Å². The van der Waals surface area contributed by atoms with E-state index >= 15 is 0 Å². The molecular weight excluding hydrogens is 312 g/mol. The molecule has 0 spiro atoms. The molecule has 6 nitrogen and oxygen atoms in total. The Morgan fingerprint density at radius 3 is 2.14 bits per heavy atom. The normalized spacial score (nSPS) is 11.4. The van der Waals surface area contributed by atoms with Gasteiger partial charge in [-0.15, -0.1) is 10.2 Å². The van der Waals surface area contributed by atoms with Crippen molar-refractivity contribution in [3.63, 3.8) is 0 Å². The summed E-state index contributed by atoms with van der Waals surface area (Å²) in [6.07, 6.45) is 0. The molecule has 1 aromatic heterocycles. The number of fused-ring (bicyclic) bond motifs is 3. The largest absolute Gasteiger partial charge is 0.507 e. The summed E-state index contributed by atoms with van der Waals surface area (Å²) in [7, 11) is -4.94. The van der Waals surface area contributed by atoms with Gasteiger partial charge in [-0.3, -0.25) is 0 Å². The van der Waals surface area contributed by atoms with Gasteiger partial charge < -0.3 is 5.11 Å². The Morgan fingerprint density at radius 2 is 1.50 bits per heavy atom. The zero-order valence-corrected chi connectivity index (χ0v) is 12.6. The maximum absolute atomic E-state index is 9.83. The first kappa shape index (κ1) is 16.4. The highest BCUT2D eigenvalue weighted by molar-refractivity contribution is 6.06. The molecule has 0 aliphatic carbocycles. The Labute approximate surface area is 128 Å². The zero-order chi connectivity index (χ0) is 16.5. The third-order valence-corrected chi connectivity index (χ3v) is 3.10. The van der Waals surface area contributed by atoms with E-state index in [1.165, 1.54) is 5.56 Å². The van der Waals surface area contributed by atoms with E-state index in [1.54, 1.807) is 6.07 Å². The fourth-order valence-electron chi connectivity index (χ4n) is 2.31. The van der Waals surface area contributed by atoms with Crippen molar-refractivity contribution in [1.82, 2.24) is 0 Å². The number of aromatic hydroxyl groups is 1. The summed E-state index contributed by atoms with van der Waals surface area (Å²) < 4.78 is 39.8. The van der Waals surface area contributed by atoms with Crippen molar-refractivity contribution in [2.75, 3.05) is 0 Å². The Morgan fingerprint density at radius 1 is 0.909 bits per heavy atom. The standard InChI is InChI=1S/C15H12O2.ClHO4/c1-9-8-10(2)17-15-11(9)6-7-12-13(15)4-3-5-14(12)16;2-1(3,4)5/h3-8H,1-2H3;(H,2,3,4,5). The number of halogens is 1. The molecule has 0 amide bonds. The number of phenols is 1. The smallest absolute Gasteiger partial charge is 0.368 e. The predicted molar refractivity (Wildman–Crippen MR) is 69.3 cm³/mol. The first-order valence-corrected chi connectivity index (χ1v) is 7.47. The zero-order valence-electron chi connectivity index (χ0n) is 11.8. The van der Waals surface area contributed by atoms with Gasteiger partial charge in [-0.25, -0.2) is 23.1 Å². The molecule has 7 heteroatoms. The lowest BCUT2D eigenvalue weighted by Gasteiger charge is -2.17. The summed E-state index contributed by atoms with van der Waals surface area (Å²) >= 11 is 0. The number of rotatable bonds is 0. The second-order valence-corrected chi connectivity index (χ2v) is 5.49. The highest BCUT2D eigenvalue weighted by atomic mass is 35.7. The summed E-state index contributed by atoms with van der Waals surface area (Å²) in [6, 6.07) is 11.5. The predicted octanol–water partition coefficient (Wildman–Crippen LogP) is -0.566. The van der Waals surface area contributed by atoms with E-state index in [0.717, 1.165) is 27.5 Å². The quantitative estimate of drug-likeness (QED) is 0.436. The van der Waals surface area contributed by atoms with Crippen LogP contribution in [0.5, 0.6) is 5.75 Å². The molecule has 1 N–H and O–H groups in total. The maximum Gasteiger partial charge on any atom is 0.368 e. The molecule has 0 bridgehead atoms. The van der Waals surface area contributed by atoms with Crippen molar-refractivity contribution in [1.29, 1.82) is 0 Å². The third-order valence-electron chi connectivity index (χ3n) is 3.10. The molecule has 0 aliphatic heterocycles. The molecule has 0 aliphatic rings. The van der Waals surface area contributed by atoms with Crippen LogP contribution in [-0.2, 0) is 0 Å². The van der Waals surface area contributed by atoms with E-state index < -0.39 is 10.2 Å². The molecule has 3 aromatic rings. The van der Waals surface area contributed by atoms with Crippen LogP contribution in [0, 0.1) is 24.1 Å². The van der Waals surface area contributed by atoms with E-state index in [4.69, 9.17) is 23.1 Å². The lowest BCUT2D eigenvalue weighted by Crippen LogP contribution is -2.68. The minimum Gasteiger partial charge on any atom is -0.507 e. The van der Waals surface area contributed by atoms with Gasteiger partial charge in [0.25, 0.3) is 0 Å². The molecule has 0 atom stereocenters. The Balaban J connectivity index is 0.000000309. The first-order valence-electron chi connectivity index (χ1n) is 6.23. The van der Waals surface area contributed by atoms with Gasteiger partial charge in [0.05, 0.1) is 17.7 Å². The van der Waals surface area contributed by atoms with Crippen LogP contribution in [-0.4, -0.2) is 5.11 Å². The van der Waals surface area contributed by atoms with E-state index in [2.05, 4.69) is 6.92 Å². The fourth-order valence-corrected chi connectivity index (χ4v) is 2.31. The van der Waals surface area contributed by atoms with Crippen molar-refractivity contribution in [2.24, 2.45) is 0 Å². The van der Waals surface area contributed by atoms with Crippen LogP contribution in [0.15, 0.2) is 40.8 Å². The first-order chi connectivity index (χ1) is 10.2. The minimum atomic E-state index is -4.94. The Bertz CT molecular complexity index is 819. The second-order valence-electron chi connectivity index (χ2n) is 4.73. The van der Waals surface area contributed by atoms with E-state index in [-0.39, 0.29) is 0 Å². The van der Waals surface area contributed by atoms with Crippen molar-refractivity contribution in [3.8, 4) is 5.75 Å². The summed E-state index contributed by atoms with van der Waals surface area (Å²) in [6.45, 7) is 4.01. The van der Waals surface area contributed by atoms with Crippen LogP contribution < -0.4 is 18.6 Å². The number of hydrogen-bond acceptors (Lipinski definition) is 5. The molecule has 22 heavy (non-hydrogen) atoms. The van der Waals surface area contributed by atoms with E-state index in [1.807, 2.05) is 37.3 Å². The molecule has 0 unspecified atom stereocenters. The SMILES string of the molecule is Cc1cc(C)c2ccc3c(O)cccc3c2[o+]1.[O-][Cl+3]([O-])([O-])[O-]. The second kappa shape index (κ2) is 6.04. The molecular formula is C15H13ClO6. The average molecular weight is 325 g/mol. The van der Waals surface area contributed by atoms with Gasteiger partial charge >= 0.3 is 11.3 Å². The van der Waals surface area contributed by atoms with Crippen molar-refractivity contribution in [3.05, 3.63) is 47.7 Å². The van der Waals surface area contributed by atoms with Gasteiger partial charge in [-0.05, 0) is 36.8 Å². The van der Waals surface area contributed by atoms with E-state index in [9.17, 15) is 5.11 Å². The fraction of sp³-hybridized carbons (Fsp3) is 0.133. The minimum absolute atomic E-state index is 0.291. The molecule has 3 rings (SSSR count). The number of hydrogen-bond donors (Lipinski definition) is 1. The van der Waals surface area contributed by atoms with Gasteiger partial charge in [-0.1, -0.05) is 6.07 Å². The average Bonchev–Trinajstić information content (AvgIpc) is 2.37. The van der Waals surface area contributed by atoms with Crippen molar-refractivity contribution < 1.29 is 38.4 Å². The molecule has 116 valence electrons. The van der Waals surface area contributed by atoms with Crippen LogP contribution in [0.1, 0.15) is 11.3 Å².